The van der Waals surface area contributed by atoms with E-state index in [-0.39, 0.29) is 0 Å². The number of benzene rings is 1. The Balaban J connectivity index is 2.92. The lowest BCUT2D eigenvalue weighted by Gasteiger charge is -1.86. The second-order valence-electron chi connectivity index (χ2n) is 2.19. The van der Waals surface area contributed by atoms with Gasteiger partial charge < -0.3 is 0 Å². The highest BCUT2D eigenvalue weighted by Gasteiger charge is 2.04. The molecule has 0 spiro atoms. The number of fused-ring (bicyclic) bond motifs is 1. The van der Waals surface area contributed by atoms with Crippen LogP contribution in [0.3, 0.4) is 0 Å². The van der Waals surface area contributed by atoms with Gasteiger partial charge in [-0.2, -0.15) is 0 Å². The fourth-order valence-electron chi connectivity index (χ4n) is 0.984. The maximum Gasteiger partial charge on any atom is 0.0853 e. The minimum atomic E-state index is 1.16. The molecule has 3 heteroatoms. The van der Waals surface area contributed by atoms with Gasteiger partial charge in [0.25, 0.3) is 0 Å². The average molecular weight is 292 g/mol. The van der Waals surface area contributed by atoms with Crippen LogP contribution >= 0.6 is 43.2 Å². The average Bonchev–Trinajstić information content (AvgIpc) is 2.30. The van der Waals surface area contributed by atoms with E-state index in [1.54, 1.807) is 11.3 Å². The Morgan fingerprint density at radius 1 is 1.09 bits per heavy atom. The fourth-order valence-corrected chi connectivity index (χ4v) is 3.26. The molecule has 0 saturated carbocycles. The molecule has 2 aromatic rings. The van der Waals surface area contributed by atoms with Crippen molar-refractivity contribution in [2.75, 3.05) is 0 Å². The van der Waals surface area contributed by atoms with Crippen LogP contribution in [-0.4, -0.2) is 0 Å². The highest BCUT2D eigenvalue weighted by Crippen LogP contribution is 2.38. The van der Waals surface area contributed by atoms with Crippen molar-refractivity contribution in [3.63, 3.8) is 0 Å². The Labute approximate surface area is 85.5 Å². The molecule has 0 bridgehead atoms. The molecule has 0 fully saturated rings. The fraction of sp³-hybridized carbons (Fsp3) is 0. The molecular formula is C8H4Br2S. The number of thiophene rings is 1. The molecular weight excluding hydrogens is 288 g/mol. The van der Waals surface area contributed by atoms with Crippen molar-refractivity contribution in [2.45, 2.75) is 0 Å². The zero-order valence-electron chi connectivity index (χ0n) is 5.47. The van der Waals surface area contributed by atoms with Crippen molar-refractivity contribution in [3.05, 3.63) is 32.5 Å². The summed E-state index contributed by atoms with van der Waals surface area (Å²) in [6.07, 6.45) is 0. The summed E-state index contributed by atoms with van der Waals surface area (Å²) < 4.78 is 3.64. The first-order chi connectivity index (χ1) is 5.29. The minimum Gasteiger partial charge on any atom is -0.127 e. The smallest absolute Gasteiger partial charge is 0.0853 e. The summed E-state index contributed by atoms with van der Waals surface area (Å²) in [5, 5.41) is 1.28. The van der Waals surface area contributed by atoms with Crippen LogP contribution in [-0.2, 0) is 0 Å². The van der Waals surface area contributed by atoms with Crippen molar-refractivity contribution in [3.8, 4) is 0 Å². The van der Waals surface area contributed by atoms with E-state index in [0.717, 1.165) is 4.47 Å². The van der Waals surface area contributed by atoms with Gasteiger partial charge >= 0.3 is 0 Å². The lowest BCUT2D eigenvalue weighted by atomic mass is 10.3. The van der Waals surface area contributed by atoms with E-state index < -0.39 is 0 Å². The topological polar surface area (TPSA) is 0 Å². The van der Waals surface area contributed by atoms with Crippen molar-refractivity contribution >= 4 is 53.3 Å². The first-order valence-electron chi connectivity index (χ1n) is 3.11. The second kappa shape index (κ2) is 2.88. The predicted molar refractivity (Wildman–Crippen MR) is 57.2 cm³/mol. The van der Waals surface area contributed by atoms with Crippen LogP contribution in [0, 0.1) is 0 Å². The standard InChI is InChI=1S/C8H4Br2S/c9-7-5-3-1-2-4-6(5)11-8(7)10/h1-4H. The molecule has 1 aromatic carbocycles. The summed E-state index contributed by atoms with van der Waals surface area (Å²) in [7, 11) is 0. The Hall–Kier alpha value is 0.140. The molecule has 0 radical (unpaired) electrons. The van der Waals surface area contributed by atoms with Crippen molar-refractivity contribution in [1.29, 1.82) is 0 Å². The highest BCUT2D eigenvalue weighted by atomic mass is 79.9. The summed E-state index contributed by atoms with van der Waals surface area (Å²) in [4.78, 5) is 0. The van der Waals surface area contributed by atoms with Gasteiger partial charge in [0.15, 0.2) is 0 Å². The third-order valence-electron chi connectivity index (χ3n) is 1.50. The van der Waals surface area contributed by atoms with E-state index >= 15 is 0 Å². The van der Waals surface area contributed by atoms with Gasteiger partial charge in [-0.3, -0.25) is 0 Å². The number of halogens is 2. The van der Waals surface area contributed by atoms with Crippen LogP contribution in [0.5, 0.6) is 0 Å². The van der Waals surface area contributed by atoms with E-state index in [1.807, 2.05) is 6.07 Å². The Morgan fingerprint density at radius 3 is 2.55 bits per heavy atom. The molecule has 0 unspecified atom stereocenters. The molecule has 0 aliphatic rings. The monoisotopic (exact) mass is 290 g/mol. The summed E-state index contributed by atoms with van der Waals surface area (Å²) >= 11 is 8.74. The van der Waals surface area contributed by atoms with E-state index in [4.69, 9.17) is 0 Å². The van der Waals surface area contributed by atoms with Crippen LogP contribution in [0.2, 0.25) is 0 Å². The van der Waals surface area contributed by atoms with Crippen LogP contribution < -0.4 is 0 Å². The molecule has 0 atom stereocenters. The Bertz CT molecular complexity index is 392. The molecule has 56 valence electrons. The van der Waals surface area contributed by atoms with E-state index in [0.29, 0.717) is 0 Å². The Kier molecular flexibility index (Phi) is 2.04. The number of rotatable bonds is 0. The quantitative estimate of drug-likeness (QED) is 0.674. The third-order valence-corrected chi connectivity index (χ3v) is 4.96. The van der Waals surface area contributed by atoms with Gasteiger partial charge in [0, 0.05) is 10.1 Å². The minimum absolute atomic E-state index is 1.16. The van der Waals surface area contributed by atoms with Gasteiger partial charge in [0.1, 0.15) is 0 Å². The van der Waals surface area contributed by atoms with Gasteiger partial charge in [0.05, 0.1) is 8.26 Å². The molecule has 0 aliphatic carbocycles. The zero-order valence-corrected chi connectivity index (χ0v) is 9.46. The summed E-state index contributed by atoms with van der Waals surface area (Å²) in [6.45, 7) is 0. The van der Waals surface area contributed by atoms with Gasteiger partial charge in [-0.15, -0.1) is 11.3 Å². The summed E-state index contributed by atoms with van der Waals surface area (Å²) in [5.74, 6) is 0. The molecule has 1 aromatic heterocycles. The molecule has 2 rings (SSSR count). The third kappa shape index (κ3) is 1.25. The SMILES string of the molecule is Brc1sc2ccccc2c1Br. The molecule has 0 aliphatic heterocycles. The maximum absolute atomic E-state index is 3.51. The lowest BCUT2D eigenvalue weighted by Crippen LogP contribution is -1.60. The van der Waals surface area contributed by atoms with Crippen LogP contribution in [0.25, 0.3) is 10.1 Å². The molecule has 1 heterocycles. The second-order valence-corrected chi connectivity index (χ2v) is 5.35. The van der Waals surface area contributed by atoms with Crippen LogP contribution in [0.15, 0.2) is 32.5 Å². The van der Waals surface area contributed by atoms with E-state index in [2.05, 4.69) is 50.1 Å². The molecule has 0 N–H and O–H groups in total. The summed E-state index contributed by atoms with van der Waals surface area (Å²) in [5.41, 5.74) is 0. The summed E-state index contributed by atoms with van der Waals surface area (Å²) in [6, 6.07) is 8.33. The lowest BCUT2D eigenvalue weighted by molar-refractivity contribution is 1.82. The van der Waals surface area contributed by atoms with E-state index in [9.17, 15) is 0 Å². The van der Waals surface area contributed by atoms with Crippen molar-refractivity contribution in [1.82, 2.24) is 0 Å². The highest BCUT2D eigenvalue weighted by molar-refractivity contribution is 9.13. The molecule has 0 nitrogen and oxygen atoms in total. The number of hydrogen-bond donors (Lipinski definition) is 0. The first-order valence-corrected chi connectivity index (χ1v) is 5.52. The van der Waals surface area contributed by atoms with Crippen LogP contribution in [0.4, 0.5) is 0 Å². The maximum atomic E-state index is 3.51. The first kappa shape index (κ1) is 7.77. The number of hydrogen-bond acceptors (Lipinski definition) is 1. The van der Waals surface area contributed by atoms with Gasteiger partial charge in [-0.05, 0) is 37.9 Å². The largest absolute Gasteiger partial charge is 0.127 e. The van der Waals surface area contributed by atoms with Crippen LogP contribution in [0.1, 0.15) is 0 Å². The normalized spacial score (nSPS) is 10.7. The van der Waals surface area contributed by atoms with E-state index in [1.165, 1.54) is 13.9 Å². The van der Waals surface area contributed by atoms with Gasteiger partial charge in [-0.1, -0.05) is 18.2 Å². The van der Waals surface area contributed by atoms with Crippen molar-refractivity contribution in [2.24, 2.45) is 0 Å². The van der Waals surface area contributed by atoms with Crippen molar-refractivity contribution < 1.29 is 0 Å². The van der Waals surface area contributed by atoms with Gasteiger partial charge in [-0.25, -0.2) is 0 Å². The molecule has 0 saturated heterocycles. The molecule has 11 heavy (non-hydrogen) atoms. The Morgan fingerprint density at radius 2 is 1.82 bits per heavy atom. The predicted octanol–water partition coefficient (Wildman–Crippen LogP) is 4.43. The zero-order chi connectivity index (χ0) is 7.84. The van der Waals surface area contributed by atoms with Gasteiger partial charge in [0.2, 0.25) is 0 Å². The molecule has 0 amide bonds.